The largest absolute Gasteiger partial charge is 0.497 e. The number of nitrogens with one attached hydrogen (secondary N) is 1. The molecular formula is C18H24N4O4S. The number of amides is 1. The molecule has 1 aliphatic rings. The predicted octanol–water partition coefficient (Wildman–Crippen LogP) is 1.15. The summed E-state index contributed by atoms with van der Waals surface area (Å²) >= 11 is 0. The molecule has 1 aromatic heterocycles. The molecule has 1 fully saturated rings. The van der Waals surface area contributed by atoms with Crippen molar-refractivity contribution < 1.29 is 17.9 Å². The van der Waals surface area contributed by atoms with Crippen LogP contribution in [0.2, 0.25) is 0 Å². The second-order valence-electron chi connectivity index (χ2n) is 6.62. The molecule has 0 spiro atoms. The first-order chi connectivity index (χ1) is 12.9. The number of carbonyl (C=O) groups is 1. The van der Waals surface area contributed by atoms with E-state index in [-0.39, 0.29) is 16.9 Å². The predicted molar refractivity (Wildman–Crippen MR) is 99.5 cm³/mol. The molecule has 0 radical (unpaired) electrons. The van der Waals surface area contributed by atoms with Crippen LogP contribution in [-0.4, -0.2) is 48.4 Å². The Hall–Kier alpha value is -2.39. The number of aryl methyl sites for hydroxylation is 1. The van der Waals surface area contributed by atoms with Crippen LogP contribution in [0.4, 0.5) is 0 Å². The van der Waals surface area contributed by atoms with Gasteiger partial charge < -0.3 is 14.6 Å². The fourth-order valence-corrected chi connectivity index (χ4v) is 4.53. The van der Waals surface area contributed by atoms with Gasteiger partial charge in [0.05, 0.1) is 13.4 Å². The van der Waals surface area contributed by atoms with Crippen LogP contribution in [0.25, 0.3) is 0 Å². The maximum Gasteiger partial charge on any atom is 0.262 e. The van der Waals surface area contributed by atoms with Crippen molar-refractivity contribution in [3.63, 3.8) is 0 Å². The van der Waals surface area contributed by atoms with Crippen molar-refractivity contribution in [3.05, 3.63) is 42.4 Å². The fourth-order valence-electron chi connectivity index (χ4n) is 3.09. The van der Waals surface area contributed by atoms with Gasteiger partial charge >= 0.3 is 0 Å². The van der Waals surface area contributed by atoms with E-state index in [0.717, 1.165) is 11.3 Å². The number of nitrogens with zero attached hydrogens (tertiary/aromatic N) is 3. The van der Waals surface area contributed by atoms with Gasteiger partial charge in [0, 0.05) is 38.8 Å². The van der Waals surface area contributed by atoms with Gasteiger partial charge in [-0.2, -0.15) is 4.31 Å². The summed E-state index contributed by atoms with van der Waals surface area (Å²) in [7, 11) is -0.258. The Morgan fingerprint density at radius 1 is 1.26 bits per heavy atom. The maximum atomic E-state index is 12.6. The van der Waals surface area contributed by atoms with Gasteiger partial charge in [0.15, 0.2) is 5.03 Å². The normalized spacial score (nSPS) is 16.2. The van der Waals surface area contributed by atoms with Gasteiger partial charge in [-0.15, -0.1) is 0 Å². The molecule has 1 N–H and O–H groups in total. The molecule has 1 aromatic carbocycles. The molecule has 27 heavy (non-hydrogen) atoms. The summed E-state index contributed by atoms with van der Waals surface area (Å²) < 4.78 is 33.3. The maximum absolute atomic E-state index is 12.6. The highest BCUT2D eigenvalue weighted by molar-refractivity contribution is 7.89. The van der Waals surface area contributed by atoms with Crippen LogP contribution in [0.15, 0.2) is 41.8 Å². The van der Waals surface area contributed by atoms with Gasteiger partial charge in [0.25, 0.3) is 10.0 Å². The summed E-state index contributed by atoms with van der Waals surface area (Å²) in [5.74, 6) is 0.547. The molecular weight excluding hydrogens is 368 g/mol. The number of methoxy groups -OCH3 is 1. The Balaban J connectivity index is 1.51. The second-order valence-corrected chi connectivity index (χ2v) is 8.51. The average molecular weight is 392 g/mol. The molecule has 1 aliphatic heterocycles. The third-order valence-corrected chi connectivity index (χ3v) is 6.52. The quantitative estimate of drug-likeness (QED) is 0.796. The number of imidazole rings is 1. The minimum atomic E-state index is -3.59. The smallest absolute Gasteiger partial charge is 0.262 e. The van der Waals surface area contributed by atoms with Crippen molar-refractivity contribution in [1.29, 1.82) is 0 Å². The molecule has 0 saturated carbocycles. The topological polar surface area (TPSA) is 93.5 Å². The van der Waals surface area contributed by atoms with Crippen LogP contribution in [0.5, 0.6) is 5.75 Å². The van der Waals surface area contributed by atoms with E-state index in [0.29, 0.717) is 32.5 Å². The highest BCUT2D eigenvalue weighted by atomic mass is 32.2. The lowest BCUT2D eigenvalue weighted by molar-refractivity contribution is -0.126. The van der Waals surface area contributed by atoms with Crippen molar-refractivity contribution in [3.8, 4) is 5.75 Å². The van der Waals surface area contributed by atoms with Crippen molar-refractivity contribution in [2.45, 2.75) is 24.4 Å². The van der Waals surface area contributed by atoms with Crippen molar-refractivity contribution in [1.82, 2.24) is 19.2 Å². The number of hydrogen-bond acceptors (Lipinski definition) is 5. The van der Waals surface area contributed by atoms with Crippen molar-refractivity contribution in [2.75, 3.05) is 20.2 Å². The van der Waals surface area contributed by atoms with E-state index >= 15 is 0 Å². The van der Waals surface area contributed by atoms with Gasteiger partial charge in [-0.1, -0.05) is 12.1 Å². The first-order valence-corrected chi connectivity index (χ1v) is 10.2. The number of ether oxygens (including phenoxy) is 1. The number of hydrogen-bond donors (Lipinski definition) is 1. The molecule has 8 nitrogen and oxygen atoms in total. The minimum Gasteiger partial charge on any atom is -0.497 e. The number of carbonyl (C=O) groups excluding carboxylic acids is 1. The fraction of sp³-hybridized carbons (Fsp3) is 0.444. The lowest BCUT2D eigenvalue weighted by Crippen LogP contribution is -2.42. The SMILES string of the molecule is COc1ccc(CNC(=O)C2CCN(S(=O)(=O)c3cn(C)cn3)CC2)cc1. The van der Waals surface area contributed by atoms with Gasteiger partial charge in [-0.05, 0) is 30.5 Å². The number of sulfonamides is 1. The number of aromatic nitrogens is 2. The lowest BCUT2D eigenvalue weighted by atomic mass is 9.97. The monoisotopic (exact) mass is 392 g/mol. The number of rotatable bonds is 6. The zero-order chi connectivity index (χ0) is 19.4. The summed E-state index contributed by atoms with van der Waals surface area (Å²) in [4.78, 5) is 16.3. The Morgan fingerprint density at radius 2 is 1.93 bits per heavy atom. The third-order valence-electron chi connectivity index (χ3n) is 4.74. The first kappa shape index (κ1) is 19.4. The van der Waals surface area contributed by atoms with Crippen LogP contribution < -0.4 is 10.1 Å². The second kappa shape index (κ2) is 8.10. The van der Waals surface area contributed by atoms with Gasteiger partial charge in [-0.3, -0.25) is 4.79 Å². The van der Waals surface area contributed by atoms with E-state index in [9.17, 15) is 13.2 Å². The van der Waals surface area contributed by atoms with E-state index in [1.165, 1.54) is 16.8 Å². The summed E-state index contributed by atoms with van der Waals surface area (Å²) in [5, 5.41) is 2.98. The van der Waals surface area contributed by atoms with Gasteiger partial charge in [-0.25, -0.2) is 13.4 Å². The molecule has 2 heterocycles. The molecule has 9 heteroatoms. The van der Waals surface area contributed by atoms with Crippen LogP contribution in [0, 0.1) is 5.92 Å². The minimum absolute atomic E-state index is 0.0410. The molecule has 1 saturated heterocycles. The molecule has 0 bridgehead atoms. The van der Waals surface area contributed by atoms with Crippen molar-refractivity contribution in [2.24, 2.45) is 13.0 Å². The number of piperidine rings is 1. The van der Waals surface area contributed by atoms with Gasteiger partial charge in [0.2, 0.25) is 5.91 Å². The summed E-state index contributed by atoms with van der Waals surface area (Å²) in [5.41, 5.74) is 0.985. The standard InChI is InChI=1S/C18H24N4O4S/c1-21-12-17(20-13-21)27(24,25)22-9-7-15(8-10-22)18(23)19-11-14-3-5-16(26-2)6-4-14/h3-6,12-13,15H,7-11H2,1-2H3,(H,19,23). The molecule has 146 valence electrons. The highest BCUT2D eigenvalue weighted by Gasteiger charge is 2.33. The zero-order valence-electron chi connectivity index (χ0n) is 15.5. The molecule has 0 atom stereocenters. The lowest BCUT2D eigenvalue weighted by Gasteiger charge is -2.29. The molecule has 2 aromatic rings. The van der Waals surface area contributed by atoms with E-state index in [2.05, 4.69) is 10.3 Å². The molecule has 0 aliphatic carbocycles. The van der Waals surface area contributed by atoms with Crippen LogP contribution in [0.1, 0.15) is 18.4 Å². The van der Waals surface area contributed by atoms with Crippen LogP contribution in [-0.2, 0) is 28.4 Å². The Labute approximate surface area is 159 Å². The van der Waals surface area contributed by atoms with Gasteiger partial charge in [0.1, 0.15) is 5.75 Å². The summed E-state index contributed by atoms with van der Waals surface area (Å²) in [6.45, 7) is 1.08. The Bertz CT molecular complexity index is 884. The molecule has 0 unspecified atom stereocenters. The van der Waals surface area contributed by atoms with E-state index in [4.69, 9.17) is 4.74 Å². The van der Waals surface area contributed by atoms with E-state index in [1.807, 2.05) is 24.3 Å². The summed E-state index contributed by atoms with van der Waals surface area (Å²) in [6, 6.07) is 7.51. The zero-order valence-corrected chi connectivity index (χ0v) is 16.3. The Morgan fingerprint density at radius 3 is 2.48 bits per heavy atom. The van der Waals surface area contributed by atoms with E-state index in [1.54, 1.807) is 18.7 Å². The molecule has 3 rings (SSSR count). The van der Waals surface area contributed by atoms with E-state index < -0.39 is 10.0 Å². The van der Waals surface area contributed by atoms with Crippen LogP contribution >= 0.6 is 0 Å². The van der Waals surface area contributed by atoms with Crippen molar-refractivity contribution >= 4 is 15.9 Å². The number of benzene rings is 1. The third kappa shape index (κ3) is 4.48. The average Bonchev–Trinajstić information content (AvgIpc) is 3.14. The first-order valence-electron chi connectivity index (χ1n) is 8.79. The molecule has 1 amide bonds. The Kier molecular flexibility index (Phi) is 5.81. The highest BCUT2D eigenvalue weighted by Crippen LogP contribution is 2.23. The summed E-state index contributed by atoms with van der Waals surface area (Å²) in [6.07, 6.45) is 3.95. The van der Waals surface area contributed by atoms with Crippen LogP contribution in [0.3, 0.4) is 0 Å².